The van der Waals surface area contributed by atoms with Crippen molar-refractivity contribution in [2.45, 2.75) is 38.6 Å². The lowest BCUT2D eigenvalue weighted by Gasteiger charge is -2.24. The van der Waals surface area contributed by atoms with Crippen molar-refractivity contribution in [2.75, 3.05) is 20.3 Å². The van der Waals surface area contributed by atoms with Crippen LogP contribution in [0.3, 0.4) is 0 Å². The number of para-hydroxylation sites is 1. The zero-order valence-corrected chi connectivity index (χ0v) is 12.6. The minimum Gasteiger partial charge on any atom is -0.496 e. The monoisotopic (exact) mass is 277 g/mol. The summed E-state index contributed by atoms with van der Waals surface area (Å²) in [7, 11) is 1.73. The van der Waals surface area contributed by atoms with E-state index in [1.165, 1.54) is 24.8 Å². The van der Waals surface area contributed by atoms with Gasteiger partial charge in [-0.3, -0.25) is 0 Å². The summed E-state index contributed by atoms with van der Waals surface area (Å²) in [4.78, 5) is 0. The van der Waals surface area contributed by atoms with Crippen molar-refractivity contribution in [1.82, 2.24) is 5.32 Å². The van der Waals surface area contributed by atoms with Gasteiger partial charge in [0, 0.05) is 18.2 Å². The Balaban J connectivity index is 1.98. The van der Waals surface area contributed by atoms with Crippen LogP contribution in [0.5, 0.6) is 5.75 Å². The Kier molecular flexibility index (Phi) is 5.86. The zero-order valence-electron chi connectivity index (χ0n) is 12.6. The third-order valence-corrected chi connectivity index (χ3v) is 4.60. The van der Waals surface area contributed by atoms with Crippen LogP contribution in [0.4, 0.5) is 0 Å². The maximum Gasteiger partial charge on any atom is 0.123 e. The van der Waals surface area contributed by atoms with Gasteiger partial charge in [-0.2, -0.15) is 0 Å². The Bertz CT molecular complexity index is 408. The average molecular weight is 277 g/mol. The summed E-state index contributed by atoms with van der Waals surface area (Å²) in [6.45, 7) is 3.52. The number of aliphatic hydroxyl groups excluding tert-OH is 1. The molecule has 2 N–H and O–H groups in total. The van der Waals surface area contributed by atoms with Crippen molar-refractivity contribution in [1.29, 1.82) is 0 Å². The predicted molar refractivity (Wildman–Crippen MR) is 81.9 cm³/mol. The zero-order chi connectivity index (χ0) is 14.4. The van der Waals surface area contributed by atoms with Gasteiger partial charge in [0.25, 0.3) is 0 Å². The summed E-state index contributed by atoms with van der Waals surface area (Å²) >= 11 is 0. The van der Waals surface area contributed by atoms with Gasteiger partial charge in [0.2, 0.25) is 0 Å². The molecule has 20 heavy (non-hydrogen) atoms. The number of rotatable bonds is 7. The van der Waals surface area contributed by atoms with Crippen molar-refractivity contribution in [3.05, 3.63) is 29.8 Å². The maximum atomic E-state index is 9.41. The smallest absolute Gasteiger partial charge is 0.123 e. The van der Waals surface area contributed by atoms with Crippen LogP contribution in [0.1, 0.15) is 44.2 Å². The molecule has 0 aliphatic heterocycles. The number of benzene rings is 1. The lowest BCUT2D eigenvalue weighted by molar-refractivity contribution is 0.190. The van der Waals surface area contributed by atoms with Gasteiger partial charge in [0.15, 0.2) is 0 Å². The SMILES string of the molecule is CCC(NCC1CCCC1CO)c1ccccc1OC. The molecule has 1 fully saturated rings. The molecule has 1 aliphatic carbocycles. The highest BCUT2D eigenvalue weighted by Gasteiger charge is 2.27. The third-order valence-electron chi connectivity index (χ3n) is 4.60. The summed E-state index contributed by atoms with van der Waals surface area (Å²) in [5, 5.41) is 13.1. The molecule has 3 atom stereocenters. The molecule has 0 spiro atoms. The van der Waals surface area contributed by atoms with Gasteiger partial charge in [-0.25, -0.2) is 0 Å². The average Bonchev–Trinajstić information content (AvgIpc) is 2.96. The number of aliphatic hydroxyl groups is 1. The number of hydrogen-bond acceptors (Lipinski definition) is 3. The summed E-state index contributed by atoms with van der Waals surface area (Å²) < 4.78 is 5.46. The van der Waals surface area contributed by atoms with Gasteiger partial charge in [-0.1, -0.05) is 31.5 Å². The molecule has 1 aromatic rings. The van der Waals surface area contributed by atoms with Crippen LogP contribution < -0.4 is 10.1 Å². The normalized spacial score (nSPS) is 23.8. The fraction of sp³-hybridized carbons (Fsp3) is 0.647. The van der Waals surface area contributed by atoms with E-state index >= 15 is 0 Å². The van der Waals surface area contributed by atoms with E-state index in [9.17, 15) is 5.11 Å². The van der Waals surface area contributed by atoms with Crippen molar-refractivity contribution in [3.63, 3.8) is 0 Å². The van der Waals surface area contributed by atoms with Crippen LogP contribution in [0.2, 0.25) is 0 Å². The standard InChI is InChI=1S/C17H27NO2/c1-3-16(15-9-4-5-10-17(15)20-2)18-11-13-7-6-8-14(13)12-19/h4-5,9-10,13-14,16,18-19H,3,6-8,11-12H2,1-2H3. The van der Waals surface area contributed by atoms with Gasteiger partial charge in [0.05, 0.1) is 7.11 Å². The molecular weight excluding hydrogens is 250 g/mol. The van der Waals surface area contributed by atoms with Crippen LogP contribution in [0.15, 0.2) is 24.3 Å². The molecular formula is C17H27NO2. The molecule has 0 amide bonds. The van der Waals surface area contributed by atoms with E-state index in [1.54, 1.807) is 7.11 Å². The third kappa shape index (κ3) is 3.53. The lowest BCUT2D eigenvalue weighted by Crippen LogP contribution is -2.30. The van der Waals surface area contributed by atoms with E-state index in [2.05, 4.69) is 24.4 Å². The second-order valence-corrected chi connectivity index (χ2v) is 5.74. The predicted octanol–water partition coefficient (Wildman–Crippen LogP) is 3.14. The van der Waals surface area contributed by atoms with E-state index < -0.39 is 0 Å². The van der Waals surface area contributed by atoms with E-state index in [1.807, 2.05) is 12.1 Å². The Hall–Kier alpha value is -1.06. The summed E-state index contributed by atoms with van der Waals surface area (Å²) in [5.41, 5.74) is 1.23. The minimum atomic E-state index is 0.325. The van der Waals surface area contributed by atoms with Crippen LogP contribution in [-0.4, -0.2) is 25.4 Å². The summed E-state index contributed by atoms with van der Waals surface area (Å²) in [5.74, 6) is 2.05. The van der Waals surface area contributed by atoms with Crippen molar-refractivity contribution >= 4 is 0 Å². The summed E-state index contributed by atoms with van der Waals surface area (Å²) in [6.07, 6.45) is 4.70. The molecule has 1 aliphatic rings. The topological polar surface area (TPSA) is 41.5 Å². The summed E-state index contributed by atoms with van der Waals surface area (Å²) in [6, 6.07) is 8.55. The lowest BCUT2D eigenvalue weighted by atomic mass is 9.95. The second kappa shape index (κ2) is 7.65. The highest BCUT2D eigenvalue weighted by molar-refractivity contribution is 5.35. The molecule has 0 radical (unpaired) electrons. The molecule has 2 rings (SSSR count). The minimum absolute atomic E-state index is 0.325. The quantitative estimate of drug-likeness (QED) is 0.804. The number of nitrogens with one attached hydrogen (secondary N) is 1. The largest absolute Gasteiger partial charge is 0.496 e. The van der Waals surface area contributed by atoms with Gasteiger partial charge in [0.1, 0.15) is 5.75 Å². The molecule has 3 nitrogen and oxygen atoms in total. The molecule has 3 heteroatoms. The molecule has 0 aromatic heterocycles. The first-order valence-electron chi connectivity index (χ1n) is 7.77. The van der Waals surface area contributed by atoms with Gasteiger partial charge in [-0.15, -0.1) is 0 Å². The van der Waals surface area contributed by atoms with E-state index in [0.717, 1.165) is 18.7 Å². The Labute approximate surface area is 122 Å². The Morgan fingerprint density at radius 3 is 2.75 bits per heavy atom. The van der Waals surface area contributed by atoms with Gasteiger partial charge in [-0.05, 0) is 43.7 Å². The second-order valence-electron chi connectivity index (χ2n) is 5.74. The van der Waals surface area contributed by atoms with Crippen LogP contribution in [-0.2, 0) is 0 Å². The molecule has 0 heterocycles. The molecule has 1 saturated carbocycles. The fourth-order valence-corrected chi connectivity index (χ4v) is 3.34. The van der Waals surface area contributed by atoms with Gasteiger partial charge >= 0.3 is 0 Å². The number of methoxy groups -OCH3 is 1. The first-order chi connectivity index (χ1) is 9.80. The number of hydrogen-bond donors (Lipinski definition) is 2. The van der Waals surface area contributed by atoms with E-state index in [-0.39, 0.29) is 0 Å². The molecule has 112 valence electrons. The molecule has 0 saturated heterocycles. The van der Waals surface area contributed by atoms with Crippen LogP contribution >= 0.6 is 0 Å². The van der Waals surface area contributed by atoms with Crippen LogP contribution in [0.25, 0.3) is 0 Å². The highest BCUT2D eigenvalue weighted by Crippen LogP contribution is 2.32. The van der Waals surface area contributed by atoms with Crippen molar-refractivity contribution < 1.29 is 9.84 Å². The fourth-order valence-electron chi connectivity index (χ4n) is 3.34. The van der Waals surface area contributed by atoms with Crippen LogP contribution in [0, 0.1) is 11.8 Å². The molecule has 1 aromatic carbocycles. The van der Waals surface area contributed by atoms with E-state index in [0.29, 0.717) is 24.5 Å². The Morgan fingerprint density at radius 1 is 1.30 bits per heavy atom. The van der Waals surface area contributed by atoms with Gasteiger partial charge < -0.3 is 15.2 Å². The van der Waals surface area contributed by atoms with E-state index in [4.69, 9.17) is 4.74 Å². The Morgan fingerprint density at radius 2 is 2.05 bits per heavy atom. The number of ether oxygens (including phenoxy) is 1. The maximum absolute atomic E-state index is 9.41. The van der Waals surface area contributed by atoms with Crippen molar-refractivity contribution in [2.24, 2.45) is 11.8 Å². The molecule has 0 bridgehead atoms. The van der Waals surface area contributed by atoms with Crippen molar-refractivity contribution in [3.8, 4) is 5.75 Å². The molecule has 3 unspecified atom stereocenters. The first kappa shape index (κ1) is 15.3. The highest BCUT2D eigenvalue weighted by atomic mass is 16.5. The first-order valence-corrected chi connectivity index (χ1v) is 7.77.